The third kappa shape index (κ3) is 4.54. The fraction of sp³-hybridized carbons (Fsp3) is 0.200. The minimum absolute atomic E-state index is 0.196. The number of carbonyl (C=O) groups is 1. The van der Waals surface area contributed by atoms with Gasteiger partial charge in [-0.2, -0.15) is 0 Å². The van der Waals surface area contributed by atoms with Crippen molar-refractivity contribution < 1.29 is 19.0 Å². The maximum Gasteiger partial charge on any atom is 0.274 e. The SMILES string of the molecule is COc1cccc(-n2nnc(C(=O)N[C@@H](C)c3ccc(OC)c(OC)c3)c2-c2ccncc2)c1. The van der Waals surface area contributed by atoms with Crippen LogP contribution in [0.2, 0.25) is 0 Å². The van der Waals surface area contributed by atoms with Crippen molar-refractivity contribution in [3.8, 4) is 34.2 Å². The molecule has 4 aromatic rings. The van der Waals surface area contributed by atoms with Crippen LogP contribution in [-0.4, -0.2) is 47.2 Å². The van der Waals surface area contributed by atoms with Gasteiger partial charge in [0, 0.05) is 24.0 Å². The second-order valence-electron chi connectivity index (χ2n) is 7.45. The van der Waals surface area contributed by atoms with Gasteiger partial charge in [0.1, 0.15) is 11.4 Å². The number of aromatic nitrogens is 4. The number of amides is 1. The summed E-state index contributed by atoms with van der Waals surface area (Å²) in [7, 11) is 4.75. The van der Waals surface area contributed by atoms with Gasteiger partial charge in [0.15, 0.2) is 17.2 Å². The number of rotatable bonds is 8. The van der Waals surface area contributed by atoms with E-state index >= 15 is 0 Å². The highest BCUT2D eigenvalue weighted by atomic mass is 16.5. The molecule has 9 nitrogen and oxygen atoms in total. The third-order valence-electron chi connectivity index (χ3n) is 5.39. The molecule has 0 bridgehead atoms. The lowest BCUT2D eigenvalue weighted by Crippen LogP contribution is -2.27. The Morgan fingerprint density at radius 1 is 0.941 bits per heavy atom. The van der Waals surface area contributed by atoms with Gasteiger partial charge in [-0.1, -0.05) is 17.3 Å². The van der Waals surface area contributed by atoms with Crippen LogP contribution in [0.25, 0.3) is 16.9 Å². The molecule has 0 aliphatic heterocycles. The molecule has 0 spiro atoms. The van der Waals surface area contributed by atoms with E-state index in [9.17, 15) is 4.79 Å². The number of nitrogens with one attached hydrogen (secondary N) is 1. The largest absolute Gasteiger partial charge is 0.497 e. The van der Waals surface area contributed by atoms with Crippen molar-refractivity contribution in [2.24, 2.45) is 0 Å². The van der Waals surface area contributed by atoms with Crippen molar-refractivity contribution >= 4 is 5.91 Å². The molecule has 2 heterocycles. The predicted octanol–water partition coefficient (Wildman–Crippen LogP) is 3.85. The van der Waals surface area contributed by atoms with Gasteiger partial charge in [0.05, 0.1) is 33.1 Å². The first-order valence-electron chi connectivity index (χ1n) is 10.6. The fourth-order valence-corrected chi connectivity index (χ4v) is 3.60. The maximum absolute atomic E-state index is 13.3. The molecule has 1 atom stereocenters. The normalized spacial score (nSPS) is 11.5. The highest BCUT2D eigenvalue weighted by Gasteiger charge is 2.24. The lowest BCUT2D eigenvalue weighted by atomic mass is 10.1. The summed E-state index contributed by atoms with van der Waals surface area (Å²) in [5, 5.41) is 11.5. The smallest absolute Gasteiger partial charge is 0.274 e. The first-order chi connectivity index (χ1) is 16.5. The Bertz CT molecular complexity index is 1290. The van der Waals surface area contributed by atoms with E-state index in [2.05, 4.69) is 20.6 Å². The van der Waals surface area contributed by atoms with Gasteiger partial charge in [-0.3, -0.25) is 9.78 Å². The van der Waals surface area contributed by atoms with E-state index in [1.54, 1.807) is 44.5 Å². The van der Waals surface area contributed by atoms with E-state index in [0.717, 1.165) is 11.1 Å². The molecule has 0 aliphatic rings. The van der Waals surface area contributed by atoms with Crippen LogP contribution in [0.15, 0.2) is 67.0 Å². The van der Waals surface area contributed by atoms with E-state index in [-0.39, 0.29) is 17.6 Å². The fourth-order valence-electron chi connectivity index (χ4n) is 3.60. The molecule has 2 aromatic carbocycles. The minimum Gasteiger partial charge on any atom is -0.497 e. The van der Waals surface area contributed by atoms with Crippen LogP contribution < -0.4 is 19.5 Å². The molecule has 1 N–H and O–H groups in total. The van der Waals surface area contributed by atoms with Gasteiger partial charge < -0.3 is 19.5 Å². The summed E-state index contributed by atoms with van der Waals surface area (Å²) in [6.45, 7) is 1.89. The number of ether oxygens (including phenoxy) is 3. The first-order valence-corrected chi connectivity index (χ1v) is 10.6. The van der Waals surface area contributed by atoms with Crippen LogP contribution in [0.4, 0.5) is 0 Å². The Hall–Kier alpha value is -4.40. The van der Waals surface area contributed by atoms with Gasteiger partial charge in [-0.05, 0) is 48.9 Å². The monoisotopic (exact) mass is 459 g/mol. The number of hydrogen-bond donors (Lipinski definition) is 1. The van der Waals surface area contributed by atoms with E-state index in [1.165, 1.54) is 0 Å². The van der Waals surface area contributed by atoms with Gasteiger partial charge in [-0.15, -0.1) is 5.10 Å². The van der Waals surface area contributed by atoms with Gasteiger partial charge in [0.2, 0.25) is 0 Å². The molecular weight excluding hydrogens is 434 g/mol. The van der Waals surface area contributed by atoms with Crippen LogP contribution in [0.1, 0.15) is 29.0 Å². The molecule has 0 saturated heterocycles. The minimum atomic E-state index is -0.358. The van der Waals surface area contributed by atoms with Crippen molar-refractivity contribution in [1.82, 2.24) is 25.3 Å². The molecule has 0 radical (unpaired) electrons. The summed E-state index contributed by atoms with van der Waals surface area (Å²) in [5.41, 5.74) is 3.07. The van der Waals surface area contributed by atoms with Crippen LogP contribution in [0.5, 0.6) is 17.2 Å². The van der Waals surface area contributed by atoms with Crippen molar-refractivity contribution in [3.63, 3.8) is 0 Å². The molecule has 1 amide bonds. The summed E-state index contributed by atoms with van der Waals surface area (Å²) < 4.78 is 17.6. The average Bonchev–Trinajstić information content (AvgIpc) is 3.34. The van der Waals surface area contributed by atoms with Gasteiger partial charge >= 0.3 is 0 Å². The van der Waals surface area contributed by atoms with E-state index in [4.69, 9.17) is 14.2 Å². The number of methoxy groups -OCH3 is 3. The average molecular weight is 460 g/mol. The van der Waals surface area contributed by atoms with Crippen molar-refractivity contribution in [2.45, 2.75) is 13.0 Å². The zero-order chi connectivity index (χ0) is 24.1. The number of carbonyl (C=O) groups excluding carboxylic acids is 1. The Morgan fingerprint density at radius 3 is 2.41 bits per heavy atom. The lowest BCUT2D eigenvalue weighted by molar-refractivity contribution is 0.0935. The number of pyridine rings is 1. The summed E-state index contributed by atoms with van der Waals surface area (Å²) in [6.07, 6.45) is 3.32. The molecule has 4 rings (SSSR count). The second kappa shape index (κ2) is 10.0. The number of nitrogens with zero attached hydrogens (tertiary/aromatic N) is 4. The van der Waals surface area contributed by atoms with Crippen molar-refractivity contribution in [1.29, 1.82) is 0 Å². The van der Waals surface area contributed by atoms with Gasteiger partial charge in [0.25, 0.3) is 5.91 Å². The highest BCUT2D eigenvalue weighted by molar-refractivity contribution is 5.98. The van der Waals surface area contributed by atoms with E-state index < -0.39 is 0 Å². The van der Waals surface area contributed by atoms with Gasteiger partial charge in [-0.25, -0.2) is 4.68 Å². The quantitative estimate of drug-likeness (QED) is 0.427. The molecule has 0 unspecified atom stereocenters. The number of hydrogen-bond acceptors (Lipinski definition) is 7. The summed E-state index contributed by atoms with van der Waals surface area (Å²) in [4.78, 5) is 17.4. The van der Waals surface area contributed by atoms with E-state index in [0.29, 0.717) is 28.6 Å². The van der Waals surface area contributed by atoms with Crippen LogP contribution in [0.3, 0.4) is 0 Å². The number of benzene rings is 2. The Morgan fingerprint density at radius 2 is 1.71 bits per heavy atom. The molecule has 9 heteroatoms. The summed E-state index contributed by atoms with van der Waals surface area (Å²) >= 11 is 0. The first kappa shape index (κ1) is 22.8. The van der Waals surface area contributed by atoms with Crippen molar-refractivity contribution in [3.05, 3.63) is 78.2 Å². The molecule has 0 saturated carbocycles. The Balaban J connectivity index is 1.70. The van der Waals surface area contributed by atoms with E-state index in [1.807, 2.05) is 55.5 Å². The zero-order valence-electron chi connectivity index (χ0n) is 19.4. The molecule has 0 aliphatic carbocycles. The maximum atomic E-state index is 13.3. The Labute approximate surface area is 197 Å². The summed E-state index contributed by atoms with van der Waals surface area (Å²) in [6, 6.07) is 16.2. The standard InChI is InChI=1S/C25H25N5O4/c1-16(18-8-9-21(33-3)22(14-18)34-4)27-25(31)23-24(17-10-12-26-13-11-17)30(29-28-23)19-6-5-7-20(15-19)32-2/h5-16H,1-4H3,(H,27,31)/t16-/m0/s1. The van der Waals surface area contributed by atoms with Crippen LogP contribution >= 0.6 is 0 Å². The topological polar surface area (TPSA) is 100 Å². The van der Waals surface area contributed by atoms with Crippen LogP contribution in [0, 0.1) is 0 Å². The molecule has 34 heavy (non-hydrogen) atoms. The molecule has 0 fully saturated rings. The molecule has 174 valence electrons. The summed E-state index contributed by atoms with van der Waals surface area (Å²) in [5.74, 6) is 1.51. The third-order valence-corrected chi connectivity index (χ3v) is 5.39. The highest BCUT2D eigenvalue weighted by Crippen LogP contribution is 2.31. The zero-order valence-corrected chi connectivity index (χ0v) is 19.4. The second-order valence-corrected chi connectivity index (χ2v) is 7.45. The molecule has 2 aromatic heterocycles. The Kier molecular flexibility index (Phi) is 6.72. The van der Waals surface area contributed by atoms with Crippen molar-refractivity contribution in [2.75, 3.05) is 21.3 Å². The predicted molar refractivity (Wildman–Crippen MR) is 127 cm³/mol. The molecular formula is C25H25N5O4. The lowest BCUT2D eigenvalue weighted by Gasteiger charge is -2.16. The van der Waals surface area contributed by atoms with Crippen LogP contribution in [-0.2, 0) is 0 Å².